The van der Waals surface area contributed by atoms with Crippen LogP contribution in [0.1, 0.15) is 24.9 Å². The number of fused-ring (bicyclic) bond motifs is 1. The van der Waals surface area contributed by atoms with Crippen molar-refractivity contribution >= 4 is 34.2 Å². The van der Waals surface area contributed by atoms with Crippen LogP contribution in [-0.4, -0.2) is 77.9 Å². The molecule has 2 amide bonds. The maximum atomic E-state index is 12.4. The first-order valence-corrected chi connectivity index (χ1v) is 12.7. The first kappa shape index (κ1) is 26.2. The molecular weight excluding hydrogens is 466 g/mol. The monoisotopic (exact) mass is 501 g/mol. The van der Waals surface area contributed by atoms with Crippen LogP contribution >= 0.6 is 0 Å². The lowest BCUT2D eigenvalue weighted by molar-refractivity contribution is -0.120. The number of likely N-dealkylation sites (N-methyl/N-ethyl adjacent to an activating group) is 1. The molecule has 194 valence electrons. The molecule has 0 saturated carbocycles. The highest BCUT2D eigenvalue weighted by Crippen LogP contribution is 2.26. The number of benzene rings is 2. The molecule has 1 saturated heterocycles. The van der Waals surface area contributed by atoms with Crippen molar-refractivity contribution in [2.24, 2.45) is 0 Å². The largest absolute Gasteiger partial charge is 0.363 e. The molecule has 3 aromatic rings. The third-order valence-electron chi connectivity index (χ3n) is 6.47. The minimum atomic E-state index is -0.298. The van der Waals surface area contributed by atoms with Gasteiger partial charge in [0.2, 0.25) is 11.8 Å². The van der Waals surface area contributed by atoms with Crippen molar-refractivity contribution in [3.8, 4) is 0 Å². The van der Waals surface area contributed by atoms with Crippen LogP contribution < -0.4 is 16.0 Å². The Balaban J connectivity index is 1.27. The van der Waals surface area contributed by atoms with Crippen LogP contribution in [0.4, 0.5) is 11.5 Å². The SMILES string of the molecule is CC(Nc1ncnc2ccc(NC(=O)C=CCC(=O)NCCN3CCN(C)CC3)cc12)c1ccccc1. The van der Waals surface area contributed by atoms with Gasteiger partial charge in [0.1, 0.15) is 12.1 Å². The molecule has 0 spiro atoms. The van der Waals surface area contributed by atoms with Crippen molar-refractivity contribution in [3.05, 3.63) is 72.6 Å². The van der Waals surface area contributed by atoms with Gasteiger partial charge in [-0.3, -0.25) is 14.5 Å². The summed E-state index contributed by atoms with van der Waals surface area (Å²) in [6, 6.07) is 15.7. The number of aromatic nitrogens is 2. The molecule has 0 aliphatic carbocycles. The highest BCUT2D eigenvalue weighted by atomic mass is 16.2. The molecule has 1 unspecified atom stereocenters. The molecule has 1 aliphatic rings. The maximum absolute atomic E-state index is 12.4. The number of anilines is 2. The number of carbonyl (C=O) groups excluding carboxylic acids is 2. The molecule has 2 heterocycles. The molecule has 1 atom stereocenters. The third-order valence-corrected chi connectivity index (χ3v) is 6.47. The maximum Gasteiger partial charge on any atom is 0.248 e. The predicted molar refractivity (Wildman–Crippen MR) is 147 cm³/mol. The normalized spacial score (nSPS) is 15.5. The molecule has 2 aromatic carbocycles. The fourth-order valence-electron chi connectivity index (χ4n) is 4.23. The minimum absolute atomic E-state index is 0.0492. The van der Waals surface area contributed by atoms with E-state index in [-0.39, 0.29) is 24.3 Å². The summed E-state index contributed by atoms with van der Waals surface area (Å²) in [6.45, 7) is 7.69. The number of hydrogen-bond acceptors (Lipinski definition) is 7. The van der Waals surface area contributed by atoms with Gasteiger partial charge in [-0.2, -0.15) is 0 Å². The van der Waals surface area contributed by atoms with E-state index in [0.29, 0.717) is 18.1 Å². The van der Waals surface area contributed by atoms with E-state index in [0.717, 1.165) is 49.2 Å². The van der Waals surface area contributed by atoms with Crippen molar-refractivity contribution < 1.29 is 9.59 Å². The predicted octanol–water partition coefficient (Wildman–Crippen LogP) is 3.05. The van der Waals surface area contributed by atoms with Crippen molar-refractivity contribution in [1.29, 1.82) is 0 Å². The van der Waals surface area contributed by atoms with Gasteiger partial charge in [0.25, 0.3) is 0 Å². The van der Waals surface area contributed by atoms with Crippen molar-refractivity contribution in [2.75, 3.05) is 56.9 Å². The topological polar surface area (TPSA) is 102 Å². The minimum Gasteiger partial charge on any atom is -0.363 e. The molecule has 0 bridgehead atoms. The average molecular weight is 502 g/mol. The second-order valence-corrected chi connectivity index (χ2v) is 9.32. The fourth-order valence-corrected chi connectivity index (χ4v) is 4.23. The highest BCUT2D eigenvalue weighted by Gasteiger charge is 2.13. The second-order valence-electron chi connectivity index (χ2n) is 9.32. The van der Waals surface area contributed by atoms with Crippen LogP contribution in [0.2, 0.25) is 0 Å². The average Bonchev–Trinajstić information content (AvgIpc) is 2.90. The molecular formula is C28H35N7O2. The molecule has 37 heavy (non-hydrogen) atoms. The number of amides is 2. The summed E-state index contributed by atoms with van der Waals surface area (Å²) < 4.78 is 0. The van der Waals surface area contributed by atoms with E-state index in [1.807, 2.05) is 30.3 Å². The summed E-state index contributed by atoms with van der Waals surface area (Å²) in [5.74, 6) is 0.305. The molecule has 9 nitrogen and oxygen atoms in total. The van der Waals surface area contributed by atoms with E-state index in [2.05, 4.69) is 61.8 Å². The highest BCUT2D eigenvalue weighted by molar-refractivity contribution is 6.01. The lowest BCUT2D eigenvalue weighted by Gasteiger charge is -2.32. The van der Waals surface area contributed by atoms with Gasteiger partial charge in [0.15, 0.2) is 0 Å². The van der Waals surface area contributed by atoms with Crippen LogP contribution in [0.15, 0.2) is 67.0 Å². The van der Waals surface area contributed by atoms with Gasteiger partial charge >= 0.3 is 0 Å². The molecule has 0 radical (unpaired) electrons. The van der Waals surface area contributed by atoms with Gasteiger partial charge in [-0.15, -0.1) is 0 Å². The molecule has 3 N–H and O–H groups in total. The zero-order chi connectivity index (χ0) is 26.0. The number of nitrogens with one attached hydrogen (secondary N) is 3. The van der Waals surface area contributed by atoms with Crippen LogP contribution in [0, 0.1) is 0 Å². The number of carbonyl (C=O) groups is 2. The third kappa shape index (κ3) is 7.83. The zero-order valence-electron chi connectivity index (χ0n) is 21.5. The quantitative estimate of drug-likeness (QED) is 0.367. The van der Waals surface area contributed by atoms with Gasteiger partial charge in [0, 0.05) is 62.8 Å². The van der Waals surface area contributed by atoms with Crippen molar-refractivity contribution in [2.45, 2.75) is 19.4 Å². The van der Waals surface area contributed by atoms with Gasteiger partial charge in [-0.1, -0.05) is 36.4 Å². The van der Waals surface area contributed by atoms with Crippen LogP contribution in [0.5, 0.6) is 0 Å². The molecule has 4 rings (SSSR count). The van der Waals surface area contributed by atoms with Gasteiger partial charge < -0.3 is 20.9 Å². The summed E-state index contributed by atoms with van der Waals surface area (Å²) in [5.41, 5.74) is 2.55. The van der Waals surface area contributed by atoms with Crippen LogP contribution in [0.25, 0.3) is 10.9 Å². The Labute approximate surface area is 218 Å². The number of hydrogen-bond donors (Lipinski definition) is 3. The smallest absolute Gasteiger partial charge is 0.248 e. The van der Waals surface area contributed by atoms with Crippen molar-refractivity contribution in [3.63, 3.8) is 0 Å². The first-order chi connectivity index (χ1) is 18.0. The molecule has 1 fully saturated rings. The summed E-state index contributed by atoms with van der Waals surface area (Å²) in [7, 11) is 2.12. The van der Waals surface area contributed by atoms with Gasteiger partial charge in [-0.25, -0.2) is 9.97 Å². The van der Waals surface area contributed by atoms with E-state index in [1.165, 1.54) is 12.4 Å². The van der Waals surface area contributed by atoms with E-state index >= 15 is 0 Å². The standard InChI is InChI=1S/C28H35N7O2/c1-21(22-7-4-3-5-8-22)32-28-24-19-23(11-12-25(24)30-20-31-28)33-27(37)10-6-9-26(36)29-13-14-35-17-15-34(2)16-18-35/h3-8,10-12,19-21H,9,13-18H2,1-2H3,(H,29,36)(H,33,37)(H,30,31,32). The number of piperazine rings is 1. The second kappa shape index (κ2) is 12.9. The molecule has 1 aromatic heterocycles. The van der Waals surface area contributed by atoms with Crippen LogP contribution in [0.3, 0.4) is 0 Å². The fraction of sp³-hybridized carbons (Fsp3) is 0.357. The Morgan fingerprint density at radius 3 is 2.62 bits per heavy atom. The lowest BCUT2D eigenvalue weighted by Crippen LogP contribution is -2.46. The van der Waals surface area contributed by atoms with Crippen molar-refractivity contribution in [1.82, 2.24) is 25.1 Å². The summed E-state index contributed by atoms with van der Waals surface area (Å²) >= 11 is 0. The van der Waals surface area contributed by atoms with E-state index in [4.69, 9.17) is 0 Å². The number of rotatable bonds is 10. The Morgan fingerprint density at radius 1 is 1.05 bits per heavy atom. The lowest BCUT2D eigenvalue weighted by atomic mass is 10.1. The Bertz CT molecular complexity index is 1220. The summed E-state index contributed by atoms with van der Waals surface area (Å²) in [5, 5.41) is 10.0. The van der Waals surface area contributed by atoms with E-state index < -0.39 is 0 Å². The Morgan fingerprint density at radius 2 is 1.84 bits per heavy atom. The van der Waals surface area contributed by atoms with Gasteiger partial charge in [0.05, 0.1) is 5.52 Å². The van der Waals surface area contributed by atoms with Crippen LogP contribution in [-0.2, 0) is 9.59 Å². The Kier molecular flexibility index (Phi) is 9.18. The number of nitrogens with zero attached hydrogens (tertiary/aromatic N) is 4. The zero-order valence-corrected chi connectivity index (χ0v) is 21.5. The molecule has 9 heteroatoms. The van der Waals surface area contributed by atoms with E-state index in [1.54, 1.807) is 12.1 Å². The Hall–Kier alpha value is -3.82. The van der Waals surface area contributed by atoms with Gasteiger partial charge in [-0.05, 0) is 43.8 Å². The summed E-state index contributed by atoms with van der Waals surface area (Å²) in [4.78, 5) is 38.0. The molecule has 1 aliphatic heterocycles. The first-order valence-electron chi connectivity index (χ1n) is 12.7. The summed E-state index contributed by atoms with van der Waals surface area (Å²) in [6.07, 6.45) is 4.66. The van der Waals surface area contributed by atoms with E-state index in [9.17, 15) is 9.59 Å².